The molecule has 5 nitrogen and oxygen atoms in total. The summed E-state index contributed by atoms with van der Waals surface area (Å²) < 4.78 is 3.29. The lowest BCUT2D eigenvalue weighted by Gasteiger charge is -2.04. The molecule has 1 aromatic heterocycles. The first kappa shape index (κ1) is 9.60. The Morgan fingerprint density at radius 3 is 2.64 bits per heavy atom. The Morgan fingerprint density at radius 2 is 2.07 bits per heavy atom. The zero-order valence-electron chi connectivity index (χ0n) is 6.85. The van der Waals surface area contributed by atoms with Crippen LogP contribution in [-0.4, -0.2) is 20.2 Å². The molecule has 7 heteroatoms. The molecule has 0 aliphatic rings. The number of nitrogens with two attached hydrogens (primary N) is 1. The van der Waals surface area contributed by atoms with Crippen LogP contribution in [0.1, 0.15) is 0 Å². The molecule has 1 aromatic carbocycles. The maximum Gasteiger partial charge on any atom is 0.245 e. The molecule has 0 aliphatic carbocycles. The van der Waals surface area contributed by atoms with E-state index in [0.717, 1.165) is 14.6 Å². The normalized spacial score (nSPS) is 10.4. The molecule has 2 aromatic rings. The van der Waals surface area contributed by atoms with E-state index >= 15 is 0 Å². The van der Waals surface area contributed by atoms with E-state index in [9.17, 15) is 0 Å². The van der Waals surface area contributed by atoms with Crippen molar-refractivity contribution in [1.82, 2.24) is 20.2 Å². The summed E-state index contributed by atoms with van der Waals surface area (Å²) in [5.74, 6) is 0.257. The van der Waals surface area contributed by atoms with Gasteiger partial charge in [0.2, 0.25) is 5.95 Å². The monoisotopic (exact) mass is 317 g/mol. The first-order valence-electron chi connectivity index (χ1n) is 3.68. The number of aromatic nitrogens is 4. The van der Waals surface area contributed by atoms with Crippen molar-refractivity contribution in [2.75, 3.05) is 5.73 Å². The van der Waals surface area contributed by atoms with Crippen LogP contribution in [0.3, 0.4) is 0 Å². The second-order valence-corrected chi connectivity index (χ2v) is 4.31. The van der Waals surface area contributed by atoms with Crippen molar-refractivity contribution in [2.45, 2.75) is 0 Å². The van der Waals surface area contributed by atoms with Gasteiger partial charge in [-0.2, -0.15) is 4.68 Å². The zero-order chi connectivity index (χ0) is 10.1. The average Bonchev–Trinajstić information content (AvgIpc) is 2.52. The number of nitrogens with zero attached hydrogens (tertiary/aromatic N) is 4. The lowest BCUT2D eigenvalue weighted by atomic mass is 10.3. The number of nitrogen functional groups attached to an aromatic ring is 1. The van der Waals surface area contributed by atoms with E-state index < -0.39 is 0 Å². The lowest BCUT2D eigenvalue weighted by molar-refractivity contribution is 0.789. The van der Waals surface area contributed by atoms with E-state index in [2.05, 4.69) is 47.4 Å². The van der Waals surface area contributed by atoms with Gasteiger partial charge in [-0.3, -0.25) is 0 Å². The highest BCUT2D eigenvalue weighted by molar-refractivity contribution is 9.11. The summed E-state index contributed by atoms with van der Waals surface area (Å²) in [5, 5.41) is 10.8. The fraction of sp³-hybridized carbons (Fsp3) is 0. The van der Waals surface area contributed by atoms with Crippen LogP contribution in [0, 0.1) is 0 Å². The van der Waals surface area contributed by atoms with Gasteiger partial charge >= 0.3 is 0 Å². The van der Waals surface area contributed by atoms with Crippen LogP contribution in [0.25, 0.3) is 5.69 Å². The van der Waals surface area contributed by atoms with Gasteiger partial charge in [-0.15, -0.1) is 0 Å². The van der Waals surface area contributed by atoms with Crippen LogP contribution >= 0.6 is 31.9 Å². The first-order chi connectivity index (χ1) is 6.68. The maximum absolute atomic E-state index is 5.57. The van der Waals surface area contributed by atoms with Crippen molar-refractivity contribution in [2.24, 2.45) is 0 Å². The largest absolute Gasteiger partial charge is 0.366 e. The number of benzene rings is 1. The van der Waals surface area contributed by atoms with E-state index in [1.54, 1.807) is 0 Å². The molecule has 0 atom stereocenters. The summed E-state index contributed by atoms with van der Waals surface area (Å²) in [4.78, 5) is 0. The number of halogens is 2. The van der Waals surface area contributed by atoms with Gasteiger partial charge in [0.1, 0.15) is 0 Å². The maximum atomic E-state index is 5.57. The summed E-state index contributed by atoms with van der Waals surface area (Å²) in [6, 6.07) is 5.65. The highest BCUT2D eigenvalue weighted by atomic mass is 79.9. The van der Waals surface area contributed by atoms with Crippen LogP contribution in [-0.2, 0) is 0 Å². The third-order valence-corrected chi connectivity index (χ3v) is 2.76. The van der Waals surface area contributed by atoms with Gasteiger partial charge in [0.15, 0.2) is 0 Å². The van der Waals surface area contributed by atoms with E-state index in [1.165, 1.54) is 4.68 Å². The van der Waals surface area contributed by atoms with Crippen molar-refractivity contribution in [3.63, 3.8) is 0 Å². The Bertz CT molecular complexity index is 467. The van der Waals surface area contributed by atoms with E-state index in [0.29, 0.717) is 0 Å². The number of hydrogen-bond acceptors (Lipinski definition) is 4. The predicted octanol–water partition coefficient (Wildman–Crippen LogP) is 1.77. The molecule has 72 valence electrons. The summed E-state index contributed by atoms with van der Waals surface area (Å²) in [7, 11) is 0. The fourth-order valence-electron chi connectivity index (χ4n) is 1.02. The molecule has 0 fully saturated rings. The molecular weight excluding hydrogens is 314 g/mol. The minimum absolute atomic E-state index is 0.257. The van der Waals surface area contributed by atoms with E-state index in [-0.39, 0.29) is 5.95 Å². The smallest absolute Gasteiger partial charge is 0.245 e. The molecule has 0 saturated heterocycles. The first-order valence-corrected chi connectivity index (χ1v) is 5.26. The molecule has 0 spiro atoms. The van der Waals surface area contributed by atoms with Crippen LogP contribution in [0.15, 0.2) is 27.1 Å². The minimum atomic E-state index is 0.257. The molecule has 0 unspecified atom stereocenters. The molecule has 0 amide bonds. The second kappa shape index (κ2) is 3.66. The van der Waals surface area contributed by atoms with Crippen LogP contribution in [0.4, 0.5) is 5.95 Å². The SMILES string of the molecule is Nc1nnnn1-c1ccc(Br)cc1Br. The average molecular weight is 319 g/mol. The van der Waals surface area contributed by atoms with Crippen LogP contribution in [0.2, 0.25) is 0 Å². The van der Waals surface area contributed by atoms with Crippen molar-refractivity contribution in [3.05, 3.63) is 27.1 Å². The molecule has 2 N–H and O–H groups in total. The van der Waals surface area contributed by atoms with Gasteiger partial charge in [-0.1, -0.05) is 21.0 Å². The molecule has 14 heavy (non-hydrogen) atoms. The van der Waals surface area contributed by atoms with E-state index in [1.807, 2.05) is 18.2 Å². The Balaban J connectivity index is 2.58. The molecule has 0 radical (unpaired) electrons. The molecular formula is C7H5Br2N5. The van der Waals surface area contributed by atoms with Gasteiger partial charge in [-0.05, 0) is 44.6 Å². The lowest BCUT2D eigenvalue weighted by Crippen LogP contribution is -2.03. The third kappa shape index (κ3) is 1.64. The quantitative estimate of drug-likeness (QED) is 0.870. The minimum Gasteiger partial charge on any atom is -0.366 e. The number of hydrogen-bond donors (Lipinski definition) is 1. The molecule has 0 aliphatic heterocycles. The molecule has 0 saturated carbocycles. The summed E-state index contributed by atoms with van der Waals surface area (Å²) in [6.07, 6.45) is 0. The third-order valence-electron chi connectivity index (χ3n) is 1.63. The van der Waals surface area contributed by atoms with Gasteiger partial charge in [0, 0.05) is 8.95 Å². The van der Waals surface area contributed by atoms with Gasteiger partial charge in [-0.25, -0.2) is 0 Å². The Kier molecular flexibility index (Phi) is 2.51. The highest BCUT2D eigenvalue weighted by Crippen LogP contribution is 2.25. The van der Waals surface area contributed by atoms with Gasteiger partial charge in [0.05, 0.1) is 5.69 Å². The molecule has 2 rings (SSSR count). The molecule has 1 heterocycles. The molecule has 0 bridgehead atoms. The van der Waals surface area contributed by atoms with Crippen molar-refractivity contribution in [3.8, 4) is 5.69 Å². The highest BCUT2D eigenvalue weighted by Gasteiger charge is 2.07. The van der Waals surface area contributed by atoms with Crippen molar-refractivity contribution >= 4 is 37.8 Å². The number of anilines is 1. The van der Waals surface area contributed by atoms with Gasteiger partial charge in [0.25, 0.3) is 0 Å². The summed E-state index contributed by atoms with van der Waals surface area (Å²) >= 11 is 6.76. The van der Waals surface area contributed by atoms with Crippen LogP contribution in [0.5, 0.6) is 0 Å². The predicted molar refractivity (Wildman–Crippen MR) is 59.0 cm³/mol. The second-order valence-electron chi connectivity index (χ2n) is 2.54. The Labute approximate surface area is 96.5 Å². The number of tetrazole rings is 1. The van der Waals surface area contributed by atoms with Crippen molar-refractivity contribution < 1.29 is 0 Å². The standard InChI is InChI=1S/C7H5Br2N5/c8-4-1-2-6(5(9)3-4)14-7(10)11-12-13-14/h1-3H,(H2,10,11,13). The van der Waals surface area contributed by atoms with Gasteiger partial charge < -0.3 is 5.73 Å². The van der Waals surface area contributed by atoms with Crippen LogP contribution < -0.4 is 5.73 Å². The summed E-state index contributed by atoms with van der Waals surface area (Å²) in [5.41, 5.74) is 6.38. The topological polar surface area (TPSA) is 69.6 Å². The zero-order valence-corrected chi connectivity index (χ0v) is 10.0. The summed E-state index contributed by atoms with van der Waals surface area (Å²) in [6.45, 7) is 0. The fourth-order valence-corrected chi connectivity index (χ4v) is 2.23. The van der Waals surface area contributed by atoms with E-state index in [4.69, 9.17) is 5.73 Å². The number of rotatable bonds is 1. The van der Waals surface area contributed by atoms with Crippen molar-refractivity contribution in [1.29, 1.82) is 0 Å². The Morgan fingerprint density at radius 1 is 1.29 bits per heavy atom. The Hall–Kier alpha value is -0.950.